The van der Waals surface area contributed by atoms with Crippen LogP contribution in [0.4, 0.5) is 5.69 Å². The average Bonchev–Trinajstić information content (AvgIpc) is 3.10. The van der Waals surface area contributed by atoms with E-state index in [-0.39, 0.29) is 0 Å². The molecule has 0 aliphatic carbocycles. The zero-order chi connectivity index (χ0) is 16.1. The Kier molecular flexibility index (Phi) is 5.51. The van der Waals surface area contributed by atoms with Crippen LogP contribution in [0.2, 0.25) is 0 Å². The number of benzene rings is 1. The number of piperazine rings is 1. The summed E-state index contributed by atoms with van der Waals surface area (Å²) in [5.74, 6) is 0.805. The van der Waals surface area contributed by atoms with Crippen molar-refractivity contribution in [2.75, 3.05) is 57.3 Å². The highest BCUT2D eigenvalue weighted by atomic mass is 16.2. The molecule has 5 heteroatoms. The molecule has 2 aliphatic heterocycles. The molecule has 1 atom stereocenters. The highest BCUT2D eigenvalue weighted by molar-refractivity contribution is 5.76. The molecule has 0 saturated carbocycles. The van der Waals surface area contributed by atoms with E-state index >= 15 is 0 Å². The lowest BCUT2D eigenvalue weighted by atomic mass is 10.1. The van der Waals surface area contributed by atoms with Crippen molar-refractivity contribution < 1.29 is 4.79 Å². The number of carbonyl (C=O) groups is 1. The van der Waals surface area contributed by atoms with Gasteiger partial charge in [0.05, 0.1) is 0 Å². The maximum absolute atomic E-state index is 12.3. The third-order valence-electron chi connectivity index (χ3n) is 5.11. The van der Waals surface area contributed by atoms with E-state index in [9.17, 15) is 4.79 Å². The molecule has 1 amide bonds. The van der Waals surface area contributed by atoms with Crippen LogP contribution in [0.25, 0.3) is 0 Å². The molecule has 1 unspecified atom stereocenters. The van der Waals surface area contributed by atoms with Crippen molar-refractivity contribution in [2.24, 2.45) is 11.7 Å². The quantitative estimate of drug-likeness (QED) is 0.881. The molecule has 0 aromatic heterocycles. The molecule has 1 aromatic carbocycles. The minimum Gasteiger partial charge on any atom is -0.369 e. The first kappa shape index (κ1) is 16.3. The van der Waals surface area contributed by atoms with Crippen LogP contribution < -0.4 is 10.6 Å². The molecular formula is C18H28N4O. The maximum atomic E-state index is 12.3. The van der Waals surface area contributed by atoms with E-state index < -0.39 is 0 Å². The topological polar surface area (TPSA) is 52.8 Å². The number of nitrogens with two attached hydrogens (primary N) is 1. The number of hydrogen-bond acceptors (Lipinski definition) is 4. The Morgan fingerprint density at radius 1 is 1.09 bits per heavy atom. The van der Waals surface area contributed by atoms with Gasteiger partial charge >= 0.3 is 0 Å². The molecule has 2 N–H and O–H groups in total. The van der Waals surface area contributed by atoms with Crippen molar-refractivity contribution in [3.63, 3.8) is 0 Å². The molecule has 3 rings (SSSR count). The number of rotatable bonds is 5. The zero-order valence-corrected chi connectivity index (χ0v) is 13.9. The molecule has 126 valence electrons. The van der Waals surface area contributed by atoms with Gasteiger partial charge in [0.25, 0.3) is 0 Å². The molecule has 1 aromatic rings. The number of para-hydroxylation sites is 1. The SMILES string of the molecule is NCC1CCN(C(=O)CCN2CCN(c3ccccc3)CC2)C1. The number of carbonyl (C=O) groups excluding carboxylic acids is 1. The lowest BCUT2D eigenvalue weighted by Gasteiger charge is -2.36. The third-order valence-corrected chi connectivity index (χ3v) is 5.11. The molecule has 0 bridgehead atoms. The molecule has 2 heterocycles. The predicted molar refractivity (Wildman–Crippen MR) is 93.5 cm³/mol. The van der Waals surface area contributed by atoms with E-state index in [0.717, 1.165) is 52.2 Å². The van der Waals surface area contributed by atoms with E-state index in [0.29, 0.717) is 24.8 Å². The molecular weight excluding hydrogens is 288 g/mol. The molecule has 5 nitrogen and oxygen atoms in total. The fourth-order valence-electron chi connectivity index (χ4n) is 3.53. The highest BCUT2D eigenvalue weighted by Crippen LogP contribution is 2.17. The van der Waals surface area contributed by atoms with Crippen LogP contribution in [-0.2, 0) is 4.79 Å². The Morgan fingerprint density at radius 3 is 2.48 bits per heavy atom. The maximum Gasteiger partial charge on any atom is 0.223 e. The average molecular weight is 316 g/mol. The minimum absolute atomic E-state index is 0.298. The van der Waals surface area contributed by atoms with Gasteiger partial charge in [0.1, 0.15) is 0 Å². The minimum atomic E-state index is 0.298. The van der Waals surface area contributed by atoms with Crippen molar-refractivity contribution in [3.05, 3.63) is 30.3 Å². The first-order valence-corrected chi connectivity index (χ1v) is 8.76. The van der Waals surface area contributed by atoms with Crippen LogP contribution in [-0.4, -0.2) is 68.1 Å². The molecule has 2 aliphatic rings. The van der Waals surface area contributed by atoms with Gasteiger partial charge in [-0.1, -0.05) is 18.2 Å². The van der Waals surface area contributed by atoms with E-state index in [1.165, 1.54) is 5.69 Å². The van der Waals surface area contributed by atoms with Gasteiger partial charge in [-0.2, -0.15) is 0 Å². The van der Waals surface area contributed by atoms with Crippen LogP contribution >= 0.6 is 0 Å². The summed E-state index contributed by atoms with van der Waals surface area (Å²) in [7, 11) is 0. The number of hydrogen-bond donors (Lipinski definition) is 1. The van der Waals surface area contributed by atoms with Gasteiger partial charge in [0.15, 0.2) is 0 Å². The summed E-state index contributed by atoms with van der Waals surface area (Å²) in [4.78, 5) is 19.1. The van der Waals surface area contributed by atoms with Gasteiger partial charge in [-0.25, -0.2) is 0 Å². The smallest absolute Gasteiger partial charge is 0.223 e. The number of likely N-dealkylation sites (tertiary alicyclic amines) is 1. The highest BCUT2D eigenvalue weighted by Gasteiger charge is 2.25. The van der Waals surface area contributed by atoms with E-state index in [1.807, 2.05) is 4.90 Å². The Hall–Kier alpha value is -1.59. The molecule has 0 radical (unpaired) electrons. The summed E-state index contributed by atoms with van der Waals surface area (Å²) >= 11 is 0. The van der Waals surface area contributed by atoms with Crippen LogP contribution in [0.1, 0.15) is 12.8 Å². The Labute approximate surface area is 139 Å². The fraction of sp³-hybridized carbons (Fsp3) is 0.611. The lowest BCUT2D eigenvalue weighted by molar-refractivity contribution is -0.130. The first-order chi connectivity index (χ1) is 11.3. The zero-order valence-electron chi connectivity index (χ0n) is 13.9. The largest absolute Gasteiger partial charge is 0.369 e. The van der Waals surface area contributed by atoms with Crippen molar-refractivity contribution in [1.29, 1.82) is 0 Å². The first-order valence-electron chi connectivity index (χ1n) is 8.76. The number of nitrogens with zero attached hydrogens (tertiary/aromatic N) is 3. The van der Waals surface area contributed by atoms with E-state index in [1.54, 1.807) is 0 Å². The fourth-order valence-corrected chi connectivity index (χ4v) is 3.53. The standard InChI is InChI=1S/C18H28N4O/c19-14-16-6-9-22(15-16)18(23)7-8-20-10-12-21(13-11-20)17-4-2-1-3-5-17/h1-5,16H,6-15,19H2. The van der Waals surface area contributed by atoms with Gasteiger partial charge in [-0.05, 0) is 31.0 Å². The Bertz CT molecular complexity index is 499. The lowest BCUT2D eigenvalue weighted by Crippen LogP contribution is -2.47. The predicted octanol–water partition coefficient (Wildman–Crippen LogP) is 1.01. The van der Waals surface area contributed by atoms with Crippen molar-refractivity contribution in [2.45, 2.75) is 12.8 Å². The second-order valence-corrected chi connectivity index (χ2v) is 6.64. The summed E-state index contributed by atoms with van der Waals surface area (Å²) in [5.41, 5.74) is 7.00. The molecule has 2 fully saturated rings. The van der Waals surface area contributed by atoms with E-state index in [4.69, 9.17) is 5.73 Å². The number of amides is 1. The monoisotopic (exact) mass is 316 g/mol. The van der Waals surface area contributed by atoms with Crippen LogP contribution in [0, 0.1) is 5.92 Å². The normalized spacial score (nSPS) is 22.6. The molecule has 23 heavy (non-hydrogen) atoms. The summed E-state index contributed by atoms with van der Waals surface area (Å²) in [6.45, 7) is 7.48. The van der Waals surface area contributed by atoms with Gasteiger partial charge in [0, 0.05) is 57.9 Å². The Balaban J connectivity index is 1.39. The second-order valence-electron chi connectivity index (χ2n) is 6.64. The van der Waals surface area contributed by atoms with Crippen molar-refractivity contribution in [1.82, 2.24) is 9.80 Å². The third kappa shape index (κ3) is 4.24. The van der Waals surface area contributed by atoms with Crippen molar-refractivity contribution >= 4 is 11.6 Å². The van der Waals surface area contributed by atoms with Gasteiger partial charge < -0.3 is 15.5 Å². The van der Waals surface area contributed by atoms with Gasteiger partial charge in [0.2, 0.25) is 5.91 Å². The molecule has 2 saturated heterocycles. The van der Waals surface area contributed by atoms with Gasteiger partial charge in [-0.3, -0.25) is 9.69 Å². The van der Waals surface area contributed by atoms with Crippen LogP contribution in [0.5, 0.6) is 0 Å². The summed E-state index contributed by atoms with van der Waals surface area (Å²) in [6.07, 6.45) is 1.71. The second kappa shape index (κ2) is 7.79. The van der Waals surface area contributed by atoms with Crippen LogP contribution in [0.3, 0.4) is 0 Å². The van der Waals surface area contributed by atoms with Gasteiger partial charge in [-0.15, -0.1) is 0 Å². The van der Waals surface area contributed by atoms with Crippen LogP contribution in [0.15, 0.2) is 30.3 Å². The summed E-state index contributed by atoms with van der Waals surface area (Å²) in [6, 6.07) is 10.6. The Morgan fingerprint density at radius 2 is 1.83 bits per heavy atom. The molecule has 0 spiro atoms. The van der Waals surface area contributed by atoms with E-state index in [2.05, 4.69) is 40.1 Å². The summed E-state index contributed by atoms with van der Waals surface area (Å²) in [5, 5.41) is 0. The van der Waals surface area contributed by atoms with Crippen molar-refractivity contribution in [3.8, 4) is 0 Å². The number of anilines is 1. The summed E-state index contributed by atoms with van der Waals surface area (Å²) < 4.78 is 0.